The molecule has 1 nitrogen and oxygen atoms in total. The van der Waals surface area contributed by atoms with Crippen LogP contribution in [-0.2, 0) is 0 Å². The van der Waals surface area contributed by atoms with E-state index in [-0.39, 0.29) is 6.04 Å². The summed E-state index contributed by atoms with van der Waals surface area (Å²) in [6.07, 6.45) is 0. The molecule has 3 heterocycles. The van der Waals surface area contributed by atoms with E-state index in [9.17, 15) is 0 Å². The zero-order valence-electron chi connectivity index (χ0n) is 8.77. The molecule has 1 unspecified atom stereocenters. The van der Waals surface area contributed by atoms with E-state index < -0.39 is 0 Å². The molecule has 0 aliphatic rings. The third kappa shape index (κ3) is 1.62. The third-order valence-corrected chi connectivity index (χ3v) is 5.93. The Morgan fingerprint density at radius 3 is 2.62 bits per heavy atom. The van der Waals surface area contributed by atoms with Crippen LogP contribution in [0.4, 0.5) is 0 Å². The van der Waals surface area contributed by atoms with Crippen molar-refractivity contribution in [1.82, 2.24) is 0 Å². The number of fused-ring (bicyclic) bond motifs is 1. The van der Waals surface area contributed by atoms with Crippen LogP contribution in [0.2, 0.25) is 0 Å². The van der Waals surface area contributed by atoms with Crippen molar-refractivity contribution >= 4 is 43.4 Å². The third-order valence-electron chi connectivity index (χ3n) is 2.65. The lowest BCUT2D eigenvalue weighted by atomic mass is 10.1. The van der Waals surface area contributed by atoms with Gasteiger partial charge in [0.05, 0.1) is 6.04 Å². The van der Waals surface area contributed by atoms with Gasteiger partial charge in [-0.15, -0.1) is 34.0 Å². The fourth-order valence-corrected chi connectivity index (χ4v) is 4.92. The molecule has 3 aromatic rings. The van der Waals surface area contributed by atoms with Crippen molar-refractivity contribution in [3.05, 3.63) is 44.3 Å². The van der Waals surface area contributed by atoms with Gasteiger partial charge in [0, 0.05) is 19.2 Å². The van der Waals surface area contributed by atoms with Crippen molar-refractivity contribution in [3.8, 4) is 0 Å². The highest BCUT2D eigenvalue weighted by Gasteiger charge is 2.15. The van der Waals surface area contributed by atoms with E-state index in [1.54, 1.807) is 22.7 Å². The maximum atomic E-state index is 6.31. The zero-order valence-corrected chi connectivity index (χ0v) is 11.2. The summed E-state index contributed by atoms with van der Waals surface area (Å²) in [7, 11) is 0. The van der Waals surface area contributed by atoms with E-state index in [1.807, 2.05) is 11.3 Å². The standard InChI is InChI=1S/C12H11NS3/c1-7-2-4-15-12(7)11(13)10-6-9-8(16-10)3-5-14-9/h2-6,11H,13H2,1H3. The Morgan fingerprint density at radius 2 is 1.94 bits per heavy atom. The van der Waals surface area contributed by atoms with Gasteiger partial charge in [0.15, 0.2) is 0 Å². The van der Waals surface area contributed by atoms with Crippen LogP contribution in [0.25, 0.3) is 9.40 Å². The number of aryl methyl sites for hydroxylation is 1. The Balaban J connectivity index is 2.04. The Labute approximate surface area is 106 Å². The Hall–Kier alpha value is -0.680. The molecule has 16 heavy (non-hydrogen) atoms. The smallest absolute Gasteiger partial charge is 0.0743 e. The summed E-state index contributed by atoms with van der Waals surface area (Å²) in [5.41, 5.74) is 7.61. The van der Waals surface area contributed by atoms with Gasteiger partial charge in [-0.2, -0.15) is 0 Å². The minimum absolute atomic E-state index is 0.0459. The second-order valence-corrected chi connectivity index (χ2v) is 6.75. The van der Waals surface area contributed by atoms with Crippen molar-refractivity contribution in [2.45, 2.75) is 13.0 Å². The van der Waals surface area contributed by atoms with Gasteiger partial charge in [0.2, 0.25) is 0 Å². The number of nitrogens with two attached hydrogens (primary N) is 1. The molecular weight excluding hydrogens is 254 g/mol. The lowest BCUT2D eigenvalue weighted by Gasteiger charge is -2.08. The van der Waals surface area contributed by atoms with Crippen LogP contribution in [0, 0.1) is 6.92 Å². The molecule has 3 rings (SSSR count). The summed E-state index contributed by atoms with van der Waals surface area (Å²) in [6, 6.07) is 6.58. The highest BCUT2D eigenvalue weighted by atomic mass is 32.1. The van der Waals surface area contributed by atoms with Gasteiger partial charge < -0.3 is 5.73 Å². The molecule has 0 fully saturated rings. The van der Waals surface area contributed by atoms with Gasteiger partial charge in [0.25, 0.3) is 0 Å². The summed E-state index contributed by atoms with van der Waals surface area (Å²) in [5.74, 6) is 0. The van der Waals surface area contributed by atoms with Crippen LogP contribution in [0.15, 0.2) is 29.0 Å². The molecule has 0 aliphatic carbocycles. The average molecular weight is 265 g/mol. The quantitative estimate of drug-likeness (QED) is 0.731. The lowest BCUT2D eigenvalue weighted by molar-refractivity contribution is 0.909. The summed E-state index contributed by atoms with van der Waals surface area (Å²) in [5, 5.41) is 4.24. The Kier molecular flexibility index (Phi) is 2.59. The molecule has 0 aromatic carbocycles. The molecule has 0 aliphatic heterocycles. The second kappa shape index (κ2) is 3.96. The number of hydrogen-bond donors (Lipinski definition) is 1. The molecule has 0 saturated heterocycles. The molecule has 3 aromatic heterocycles. The van der Waals surface area contributed by atoms with Gasteiger partial charge in [-0.1, -0.05) is 0 Å². The predicted molar refractivity (Wildman–Crippen MR) is 74.8 cm³/mol. The first-order valence-corrected chi connectivity index (χ1v) is 7.60. The molecule has 82 valence electrons. The first-order chi connectivity index (χ1) is 7.75. The van der Waals surface area contributed by atoms with E-state index in [2.05, 4.69) is 35.9 Å². The first-order valence-electron chi connectivity index (χ1n) is 5.02. The number of rotatable bonds is 2. The van der Waals surface area contributed by atoms with Gasteiger partial charge >= 0.3 is 0 Å². The van der Waals surface area contributed by atoms with Crippen LogP contribution < -0.4 is 5.73 Å². The molecule has 0 amide bonds. The summed E-state index contributed by atoms with van der Waals surface area (Å²) >= 11 is 5.35. The monoisotopic (exact) mass is 265 g/mol. The minimum Gasteiger partial charge on any atom is -0.319 e. The minimum atomic E-state index is 0.0459. The van der Waals surface area contributed by atoms with Crippen molar-refractivity contribution in [2.75, 3.05) is 0 Å². The molecule has 0 radical (unpaired) electrons. The Morgan fingerprint density at radius 1 is 1.12 bits per heavy atom. The predicted octanol–water partition coefficient (Wildman–Crippen LogP) is 4.38. The van der Waals surface area contributed by atoms with Crippen LogP contribution in [0.3, 0.4) is 0 Å². The lowest BCUT2D eigenvalue weighted by Crippen LogP contribution is -2.09. The van der Waals surface area contributed by atoms with Crippen molar-refractivity contribution in [1.29, 1.82) is 0 Å². The van der Waals surface area contributed by atoms with E-state index in [4.69, 9.17) is 5.73 Å². The van der Waals surface area contributed by atoms with Gasteiger partial charge in [-0.05, 0) is 41.4 Å². The van der Waals surface area contributed by atoms with Crippen LogP contribution >= 0.6 is 34.0 Å². The maximum Gasteiger partial charge on any atom is 0.0743 e. The number of hydrogen-bond acceptors (Lipinski definition) is 4. The van der Waals surface area contributed by atoms with Crippen LogP contribution in [0.1, 0.15) is 21.4 Å². The van der Waals surface area contributed by atoms with Crippen molar-refractivity contribution < 1.29 is 0 Å². The molecule has 4 heteroatoms. The van der Waals surface area contributed by atoms with Gasteiger partial charge in [0.1, 0.15) is 0 Å². The van der Waals surface area contributed by atoms with Crippen molar-refractivity contribution in [3.63, 3.8) is 0 Å². The highest BCUT2D eigenvalue weighted by molar-refractivity contribution is 7.27. The van der Waals surface area contributed by atoms with E-state index in [1.165, 1.54) is 24.7 Å². The Bertz CT molecular complexity index is 588. The number of thiophene rings is 3. The molecule has 0 bridgehead atoms. The van der Waals surface area contributed by atoms with E-state index >= 15 is 0 Å². The van der Waals surface area contributed by atoms with E-state index in [0.717, 1.165) is 0 Å². The zero-order chi connectivity index (χ0) is 11.1. The van der Waals surface area contributed by atoms with E-state index in [0.29, 0.717) is 0 Å². The topological polar surface area (TPSA) is 26.0 Å². The molecule has 2 N–H and O–H groups in total. The highest BCUT2D eigenvalue weighted by Crippen LogP contribution is 2.36. The summed E-state index contributed by atoms with van der Waals surface area (Å²) < 4.78 is 2.70. The average Bonchev–Trinajstić information content (AvgIpc) is 2.89. The summed E-state index contributed by atoms with van der Waals surface area (Å²) in [4.78, 5) is 2.56. The summed E-state index contributed by atoms with van der Waals surface area (Å²) in [6.45, 7) is 2.13. The fraction of sp³-hybridized carbons (Fsp3) is 0.167. The van der Waals surface area contributed by atoms with Gasteiger partial charge in [-0.3, -0.25) is 0 Å². The largest absolute Gasteiger partial charge is 0.319 e. The van der Waals surface area contributed by atoms with Crippen LogP contribution in [-0.4, -0.2) is 0 Å². The molecule has 0 saturated carbocycles. The maximum absolute atomic E-state index is 6.31. The first kappa shape index (κ1) is 10.5. The molecular formula is C12H11NS3. The van der Waals surface area contributed by atoms with Gasteiger partial charge in [-0.25, -0.2) is 0 Å². The SMILES string of the molecule is Cc1ccsc1C(N)c1cc2sccc2s1. The second-order valence-electron chi connectivity index (χ2n) is 3.74. The molecule has 1 atom stereocenters. The van der Waals surface area contributed by atoms with Crippen molar-refractivity contribution in [2.24, 2.45) is 5.73 Å². The normalized spacial score (nSPS) is 13.4. The van der Waals surface area contributed by atoms with Crippen LogP contribution in [0.5, 0.6) is 0 Å². The molecule has 0 spiro atoms. The fourth-order valence-electron chi connectivity index (χ4n) is 1.77.